The molecule has 0 radical (unpaired) electrons. The lowest BCUT2D eigenvalue weighted by molar-refractivity contribution is -0.0716. The van der Waals surface area contributed by atoms with Crippen molar-refractivity contribution in [3.8, 4) is 5.75 Å². The minimum atomic E-state index is -3.61. The van der Waals surface area contributed by atoms with Crippen molar-refractivity contribution in [2.24, 2.45) is 5.73 Å². The number of aromatic hydroxyl groups is 1. The molecule has 1 atom stereocenters. The number of phenolic OH excluding ortho intramolecular Hbond substituents is 1. The summed E-state index contributed by atoms with van der Waals surface area (Å²) >= 11 is 0. The SMILES string of the molecule is Cl.N[C@@H](c1cc(F)ccc1O)C(F)(F)CO. The molecule has 3 nitrogen and oxygen atoms in total. The standard InChI is InChI=1S/C9H10F3NO2.ClH/c10-5-1-2-7(15)6(3-5)8(13)9(11,12)4-14;/h1-3,8,14-15H,4,13H2;1H/t8-;/m0./s1. The summed E-state index contributed by atoms with van der Waals surface area (Å²) in [6.45, 7) is -1.47. The fourth-order valence-corrected chi connectivity index (χ4v) is 1.10. The highest BCUT2D eigenvalue weighted by Crippen LogP contribution is 2.33. The van der Waals surface area contributed by atoms with Gasteiger partial charge in [-0.05, 0) is 18.2 Å². The van der Waals surface area contributed by atoms with Crippen LogP contribution in [0.4, 0.5) is 13.2 Å². The quantitative estimate of drug-likeness (QED) is 0.770. The molecule has 1 aromatic rings. The molecule has 7 heteroatoms. The van der Waals surface area contributed by atoms with Gasteiger partial charge in [-0.25, -0.2) is 13.2 Å². The maximum absolute atomic E-state index is 12.9. The summed E-state index contributed by atoms with van der Waals surface area (Å²) < 4.78 is 38.6. The molecule has 0 fully saturated rings. The number of rotatable bonds is 3. The fourth-order valence-electron chi connectivity index (χ4n) is 1.10. The van der Waals surface area contributed by atoms with Crippen molar-refractivity contribution in [1.29, 1.82) is 0 Å². The van der Waals surface area contributed by atoms with Crippen LogP contribution in [0, 0.1) is 5.82 Å². The molecule has 0 bridgehead atoms. The van der Waals surface area contributed by atoms with Crippen LogP contribution in [0.25, 0.3) is 0 Å². The predicted octanol–water partition coefficient (Wildman–Crippen LogP) is 1.58. The number of halogens is 4. The molecule has 1 aromatic carbocycles. The van der Waals surface area contributed by atoms with Crippen molar-refractivity contribution in [1.82, 2.24) is 0 Å². The lowest BCUT2D eigenvalue weighted by atomic mass is 10.0. The molecule has 0 spiro atoms. The van der Waals surface area contributed by atoms with Gasteiger partial charge in [0, 0.05) is 5.56 Å². The third kappa shape index (κ3) is 3.01. The van der Waals surface area contributed by atoms with Crippen LogP contribution < -0.4 is 5.73 Å². The first-order valence-electron chi connectivity index (χ1n) is 4.11. The van der Waals surface area contributed by atoms with Gasteiger partial charge in [-0.1, -0.05) is 0 Å². The minimum absolute atomic E-state index is 0. The van der Waals surface area contributed by atoms with Crippen molar-refractivity contribution in [2.75, 3.05) is 6.61 Å². The highest BCUT2D eigenvalue weighted by Gasteiger charge is 2.38. The third-order valence-corrected chi connectivity index (χ3v) is 1.99. The van der Waals surface area contributed by atoms with Crippen LogP contribution in [0.15, 0.2) is 18.2 Å². The van der Waals surface area contributed by atoms with E-state index in [0.717, 1.165) is 12.1 Å². The first kappa shape index (κ1) is 15.0. The van der Waals surface area contributed by atoms with Gasteiger partial charge in [-0.15, -0.1) is 12.4 Å². The Morgan fingerprint density at radius 3 is 2.44 bits per heavy atom. The normalized spacial score (nSPS) is 13.1. The molecular formula is C9H11ClF3NO2. The zero-order valence-electron chi connectivity index (χ0n) is 8.03. The first-order chi connectivity index (χ1) is 6.88. The Kier molecular flexibility index (Phi) is 5.05. The van der Waals surface area contributed by atoms with Gasteiger partial charge in [0.1, 0.15) is 24.2 Å². The van der Waals surface area contributed by atoms with Gasteiger partial charge >= 0.3 is 0 Å². The van der Waals surface area contributed by atoms with Crippen LogP contribution in [0.3, 0.4) is 0 Å². The Morgan fingerprint density at radius 2 is 1.94 bits per heavy atom. The molecule has 0 aliphatic rings. The summed E-state index contributed by atoms with van der Waals surface area (Å²) in [5.41, 5.74) is 4.68. The molecular weight excluding hydrogens is 247 g/mol. The van der Waals surface area contributed by atoms with Gasteiger partial charge in [0.15, 0.2) is 0 Å². The zero-order valence-corrected chi connectivity index (χ0v) is 8.85. The molecule has 0 saturated carbocycles. The van der Waals surface area contributed by atoms with Crippen LogP contribution in [0.1, 0.15) is 11.6 Å². The molecule has 16 heavy (non-hydrogen) atoms. The van der Waals surface area contributed by atoms with E-state index in [1.54, 1.807) is 0 Å². The number of aliphatic hydroxyl groups is 1. The minimum Gasteiger partial charge on any atom is -0.508 e. The van der Waals surface area contributed by atoms with Gasteiger partial charge in [0.25, 0.3) is 5.92 Å². The van der Waals surface area contributed by atoms with E-state index in [9.17, 15) is 18.3 Å². The van der Waals surface area contributed by atoms with Gasteiger partial charge in [-0.3, -0.25) is 0 Å². The van der Waals surface area contributed by atoms with Crippen molar-refractivity contribution in [3.05, 3.63) is 29.6 Å². The average Bonchev–Trinajstić information content (AvgIpc) is 2.20. The Morgan fingerprint density at radius 1 is 1.38 bits per heavy atom. The highest BCUT2D eigenvalue weighted by atomic mass is 35.5. The summed E-state index contributed by atoms with van der Waals surface area (Å²) in [7, 11) is 0. The lowest BCUT2D eigenvalue weighted by Crippen LogP contribution is -2.36. The largest absolute Gasteiger partial charge is 0.508 e. The van der Waals surface area contributed by atoms with Gasteiger partial charge in [-0.2, -0.15) is 0 Å². The fraction of sp³-hybridized carbons (Fsp3) is 0.333. The first-order valence-corrected chi connectivity index (χ1v) is 4.11. The van der Waals surface area contributed by atoms with Crippen molar-refractivity contribution in [3.63, 3.8) is 0 Å². The third-order valence-electron chi connectivity index (χ3n) is 1.99. The summed E-state index contributed by atoms with van der Waals surface area (Å²) in [5.74, 6) is -4.92. The smallest absolute Gasteiger partial charge is 0.289 e. The van der Waals surface area contributed by atoms with E-state index in [0.29, 0.717) is 6.07 Å². The molecule has 0 aliphatic carbocycles. The Labute approximate surface area is 96.1 Å². The van der Waals surface area contributed by atoms with Gasteiger partial charge in [0.2, 0.25) is 0 Å². The molecule has 0 amide bonds. The Balaban J connectivity index is 0.00000225. The molecule has 1 rings (SSSR count). The van der Waals surface area contributed by atoms with E-state index in [1.165, 1.54) is 0 Å². The maximum atomic E-state index is 12.9. The average molecular weight is 258 g/mol. The van der Waals surface area contributed by atoms with Crippen molar-refractivity contribution in [2.45, 2.75) is 12.0 Å². The lowest BCUT2D eigenvalue weighted by Gasteiger charge is -2.22. The second-order valence-corrected chi connectivity index (χ2v) is 3.10. The van der Waals surface area contributed by atoms with Gasteiger partial charge < -0.3 is 15.9 Å². The van der Waals surface area contributed by atoms with E-state index in [1.807, 2.05) is 0 Å². The number of hydrogen-bond donors (Lipinski definition) is 3. The summed E-state index contributed by atoms with van der Waals surface area (Å²) in [5, 5.41) is 17.6. The highest BCUT2D eigenvalue weighted by molar-refractivity contribution is 5.85. The topological polar surface area (TPSA) is 66.5 Å². The summed E-state index contributed by atoms with van der Waals surface area (Å²) in [4.78, 5) is 0. The molecule has 0 aromatic heterocycles. The van der Waals surface area contributed by atoms with E-state index in [2.05, 4.69) is 0 Å². The van der Waals surface area contributed by atoms with Crippen LogP contribution in [0.2, 0.25) is 0 Å². The van der Waals surface area contributed by atoms with Crippen LogP contribution in [0.5, 0.6) is 5.75 Å². The number of hydrogen-bond acceptors (Lipinski definition) is 3. The second kappa shape index (κ2) is 5.38. The summed E-state index contributed by atoms with van der Waals surface area (Å²) in [6.07, 6.45) is 0. The number of benzene rings is 1. The number of aliphatic hydroxyl groups excluding tert-OH is 1. The van der Waals surface area contributed by atoms with Crippen molar-refractivity contribution < 1.29 is 23.4 Å². The number of alkyl halides is 2. The van der Waals surface area contributed by atoms with Crippen LogP contribution in [-0.2, 0) is 0 Å². The van der Waals surface area contributed by atoms with Crippen LogP contribution >= 0.6 is 12.4 Å². The van der Waals surface area contributed by atoms with Gasteiger partial charge in [0.05, 0.1) is 0 Å². The zero-order chi connectivity index (χ0) is 11.6. The maximum Gasteiger partial charge on any atom is 0.289 e. The van der Waals surface area contributed by atoms with Crippen LogP contribution in [-0.4, -0.2) is 22.7 Å². The Bertz CT molecular complexity index is 363. The molecule has 0 unspecified atom stereocenters. The summed E-state index contributed by atoms with van der Waals surface area (Å²) in [6, 6.07) is 0.614. The predicted molar refractivity (Wildman–Crippen MR) is 54.3 cm³/mol. The second-order valence-electron chi connectivity index (χ2n) is 3.10. The molecule has 4 N–H and O–H groups in total. The Hall–Kier alpha value is -0.980. The number of phenols is 1. The molecule has 0 aliphatic heterocycles. The van der Waals surface area contributed by atoms with E-state index >= 15 is 0 Å². The van der Waals surface area contributed by atoms with Crippen molar-refractivity contribution >= 4 is 12.4 Å². The van der Waals surface area contributed by atoms with E-state index < -0.39 is 35.7 Å². The van der Waals surface area contributed by atoms with E-state index in [4.69, 9.17) is 10.8 Å². The molecule has 92 valence electrons. The van der Waals surface area contributed by atoms with E-state index in [-0.39, 0.29) is 12.4 Å². The number of nitrogens with two attached hydrogens (primary N) is 1. The molecule has 0 saturated heterocycles. The molecule has 0 heterocycles. The monoisotopic (exact) mass is 257 g/mol.